The van der Waals surface area contributed by atoms with Gasteiger partial charge in [0.2, 0.25) is 0 Å². The molecular formula is C18H21N5O. The molecule has 0 radical (unpaired) electrons. The molecule has 6 nitrogen and oxygen atoms in total. The average Bonchev–Trinajstić information content (AvgIpc) is 3.07. The summed E-state index contributed by atoms with van der Waals surface area (Å²) >= 11 is 0. The van der Waals surface area contributed by atoms with Gasteiger partial charge in [0.1, 0.15) is 11.5 Å². The van der Waals surface area contributed by atoms with Gasteiger partial charge in [0.25, 0.3) is 0 Å². The second-order valence-corrected chi connectivity index (χ2v) is 6.02. The number of nitrogens with zero attached hydrogens (tertiary/aromatic N) is 3. The minimum Gasteiger partial charge on any atom is -0.373 e. The summed E-state index contributed by atoms with van der Waals surface area (Å²) < 4.78 is 5.78. The van der Waals surface area contributed by atoms with E-state index in [9.17, 15) is 0 Å². The van der Waals surface area contributed by atoms with Crippen molar-refractivity contribution < 1.29 is 4.74 Å². The van der Waals surface area contributed by atoms with Crippen LogP contribution < -0.4 is 10.2 Å². The minimum absolute atomic E-state index is 0.195. The molecule has 1 aliphatic rings. The minimum atomic E-state index is 0.195. The lowest BCUT2D eigenvalue weighted by Gasteiger charge is -2.33. The molecular weight excluding hydrogens is 302 g/mol. The first-order chi connectivity index (χ1) is 11.8. The van der Waals surface area contributed by atoms with E-state index in [1.54, 1.807) is 0 Å². The molecule has 1 aliphatic heterocycles. The van der Waals surface area contributed by atoms with Gasteiger partial charge in [0.05, 0.1) is 18.2 Å². The van der Waals surface area contributed by atoms with Crippen molar-refractivity contribution >= 4 is 16.7 Å². The standard InChI is InChI=1S/C18H21N5O/c1-19-11-14-12-23(8-9-24-14)17-10-13(6-7-20-17)18-15-4-2-3-5-16(15)21-22-18/h2-7,10,14,19H,8-9,11-12H2,1H3,(H,21,22). The zero-order chi connectivity index (χ0) is 16.4. The van der Waals surface area contributed by atoms with Crippen LogP contribution in [0.25, 0.3) is 22.2 Å². The van der Waals surface area contributed by atoms with E-state index in [-0.39, 0.29) is 6.10 Å². The molecule has 124 valence electrons. The van der Waals surface area contributed by atoms with Gasteiger partial charge in [-0.1, -0.05) is 18.2 Å². The number of likely N-dealkylation sites (N-methyl/N-ethyl adjacent to an activating group) is 1. The third kappa shape index (κ3) is 2.86. The molecule has 6 heteroatoms. The number of aromatic nitrogens is 3. The quantitative estimate of drug-likeness (QED) is 0.769. The molecule has 1 atom stereocenters. The Morgan fingerprint density at radius 3 is 3.17 bits per heavy atom. The van der Waals surface area contributed by atoms with Crippen molar-refractivity contribution in [3.8, 4) is 11.3 Å². The normalized spacial score (nSPS) is 18.2. The molecule has 0 aliphatic carbocycles. The highest BCUT2D eigenvalue weighted by Crippen LogP contribution is 2.28. The predicted molar refractivity (Wildman–Crippen MR) is 95.2 cm³/mol. The van der Waals surface area contributed by atoms with Crippen LogP contribution in [0.1, 0.15) is 0 Å². The van der Waals surface area contributed by atoms with E-state index < -0.39 is 0 Å². The van der Waals surface area contributed by atoms with Crippen LogP contribution in [0.2, 0.25) is 0 Å². The number of rotatable bonds is 4. The fourth-order valence-electron chi connectivity index (χ4n) is 3.20. The van der Waals surface area contributed by atoms with Crippen molar-refractivity contribution in [2.24, 2.45) is 0 Å². The summed E-state index contributed by atoms with van der Waals surface area (Å²) in [5.41, 5.74) is 3.09. The number of fused-ring (bicyclic) bond motifs is 1. The van der Waals surface area contributed by atoms with E-state index in [1.807, 2.05) is 37.5 Å². The Morgan fingerprint density at radius 1 is 1.33 bits per heavy atom. The maximum absolute atomic E-state index is 5.78. The molecule has 0 spiro atoms. The zero-order valence-corrected chi connectivity index (χ0v) is 13.7. The smallest absolute Gasteiger partial charge is 0.129 e. The molecule has 1 aromatic carbocycles. The first kappa shape index (κ1) is 15.1. The highest BCUT2D eigenvalue weighted by atomic mass is 16.5. The summed E-state index contributed by atoms with van der Waals surface area (Å²) in [6, 6.07) is 12.3. The number of nitrogens with one attached hydrogen (secondary N) is 2. The van der Waals surface area contributed by atoms with Crippen LogP contribution in [0.5, 0.6) is 0 Å². The summed E-state index contributed by atoms with van der Waals surface area (Å²) in [6.07, 6.45) is 2.05. The Labute approximate surface area is 140 Å². The summed E-state index contributed by atoms with van der Waals surface area (Å²) in [5.74, 6) is 0.976. The van der Waals surface area contributed by atoms with Crippen LogP contribution in [0.15, 0.2) is 42.6 Å². The first-order valence-electron chi connectivity index (χ1n) is 8.26. The van der Waals surface area contributed by atoms with E-state index >= 15 is 0 Å². The second-order valence-electron chi connectivity index (χ2n) is 6.02. The molecule has 0 bridgehead atoms. The lowest BCUT2D eigenvalue weighted by atomic mass is 10.1. The van der Waals surface area contributed by atoms with Crippen LogP contribution >= 0.6 is 0 Å². The van der Waals surface area contributed by atoms with Gasteiger partial charge < -0.3 is 15.0 Å². The number of hydrogen-bond acceptors (Lipinski definition) is 5. The van der Waals surface area contributed by atoms with Gasteiger partial charge >= 0.3 is 0 Å². The van der Waals surface area contributed by atoms with Crippen molar-refractivity contribution in [3.05, 3.63) is 42.6 Å². The van der Waals surface area contributed by atoms with Gasteiger partial charge in [0.15, 0.2) is 0 Å². The van der Waals surface area contributed by atoms with Crippen molar-refractivity contribution in [3.63, 3.8) is 0 Å². The SMILES string of the molecule is CNCC1CN(c2cc(-c3n[nH]c4ccccc34)ccn2)CCO1. The van der Waals surface area contributed by atoms with Crippen molar-refractivity contribution in [1.29, 1.82) is 0 Å². The summed E-state index contributed by atoms with van der Waals surface area (Å²) in [7, 11) is 1.95. The largest absolute Gasteiger partial charge is 0.373 e. The van der Waals surface area contributed by atoms with E-state index in [0.717, 1.165) is 54.2 Å². The van der Waals surface area contributed by atoms with Gasteiger partial charge in [-0.25, -0.2) is 4.98 Å². The fourth-order valence-corrected chi connectivity index (χ4v) is 3.20. The number of aromatic amines is 1. The maximum Gasteiger partial charge on any atom is 0.129 e. The van der Waals surface area contributed by atoms with E-state index in [2.05, 4.69) is 37.5 Å². The molecule has 2 aromatic heterocycles. The van der Waals surface area contributed by atoms with E-state index in [1.165, 1.54) is 0 Å². The van der Waals surface area contributed by atoms with Gasteiger partial charge in [-0.05, 0) is 25.2 Å². The lowest BCUT2D eigenvalue weighted by molar-refractivity contribution is 0.0419. The molecule has 3 heterocycles. The molecule has 2 N–H and O–H groups in total. The molecule has 4 rings (SSSR count). The number of ether oxygens (including phenoxy) is 1. The summed E-state index contributed by atoms with van der Waals surface area (Å²) in [4.78, 5) is 6.84. The monoisotopic (exact) mass is 323 g/mol. The number of H-pyrrole nitrogens is 1. The fraction of sp³-hybridized carbons (Fsp3) is 0.333. The second kappa shape index (κ2) is 6.59. The van der Waals surface area contributed by atoms with Gasteiger partial charge in [-0.3, -0.25) is 5.10 Å². The van der Waals surface area contributed by atoms with E-state index in [0.29, 0.717) is 0 Å². The van der Waals surface area contributed by atoms with Gasteiger partial charge in [-0.15, -0.1) is 0 Å². The number of morpholine rings is 1. The Morgan fingerprint density at radius 2 is 2.25 bits per heavy atom. The number of pyridine rings is 1. The first-order valence-corrected chi connectivity index (χ1v) is 8.26. The van der Waals surface area contributed by atoms with Gasteiger partial charge in [-0.2, -0.15) is 5.10 Å². The van der Waals surface area contributed by atoms with Crippen LogP contribution in [-0.4, -0.2) is 54.6 Å². The number of para-hydroxylation sites is 1. The van der Waals surface area contributed by atoms with Gasteiger partial charge in [0, 0.05) is 36.8 Å². The van der Waals surface area contributed by atoms with Crippen LogP contribution in [0.3, 0.4) is 0 Å². The zero-order valence-electron chi connectivity index (χ0n) is 13.7. The van der Waals surface area contributed by atoms with Crippen LogP contribution in [-0.2, 0) is 4.74 Å². The molecule has 24 heavy (non-hydrogen) atoms. The van der Waals surface area contributed by atoms with Crippen LogP contribution in [0.4, 0.5) is 5.82 Å². The molecule has 1 fully saturated rings. The van der Waals surface area contributed by atoms with Crippen molar-refractivity contribution in [1.82, 2.24) is 20.5 Å². The summed E-state index contributed by atoms with van der Waals surface area (Å²) in [6.45, 7) is 3.28. The Bertz CT molecular complexity index is 829. The van der Waals surface area contributed by atoms with E-state index in [4.69, 9.17) is 4.74 Å². The Hall–Kier alpha value is -2.44. The average molecular weight is 323 g/mol. The lowest BCUT2D eigenvalue weighted by Crippen LogP contribution is -2.46. The Balaban J connectivity index is 1.64. The number of benzene rings is 1. The highest BCUT2D eigenvalue weighted by Gasteiger charge is 2.21. The Kier molecular flexibility index (Phi) is 4.15. The van der Waals surface area contributed by atoms with Crippen molar-refractivity contribution in [2.75, 3.05) is 38.2 Å². The number of anilines is 1. The topological polar surface area (TPSA) is 66.1 Å². The molecule has 3 aromatic rings. The molecule has 0 amide bonds. The third-order valence-electron chi connectivity index (χ3n) is 4.38. The summed E-state index contributed by atoms with van der Waals surface area (Å²) in [5, 5.41) is 11.9. The molecule has 1 unspecified atom stereocenters. The predicted octanol–water partition coefficient (Wildman–Crippen LogP) is 2.05. The third-order valence-corrected chi connectivity index (χ3v) is 4.38. The maximum atomic E-state index is 5.78. The highest BCUT2D eigenvalue weighted by molar-refractivity contribution is 5.93. The molecule has 1 saturated heterocycles. The van der Waals surface area contributed by atoms with Crippen molar-refractivity contribution in [2.45, 2.75) is 6.10 Å². The number of hydrogen-bond donors (Lipinski definition) is 2. The van der Waals surface area contributed by atoms with Crippen LogP contribution in [0, 0.1) is 0 Å². The molecule has 0 saturated carbocycles.